The van der Waals surface area contributed by atoms with E-state index in [0.717, 1.165) is 12.8 Å². The van der Waals surface area contributed by atoms with Crippen LogP contribution < -0.4 is 0 Å². The molecule has 0 N–H and O–H groups in total. The Morgan fingerprint density at radius 2 is 2.05 bits per heavy atom. The first-order valence-electron chi connectivity index (χ1n) is 6.91. The van der Waals surface area contributed by atoms with Gasteiger partial charge in [-0.05, 0) is 38.2 Å². The largest absolute Gasteiger partial charge is 0.360 e. The zero-order chi connectivity index (χ0) is 15.9. The summed E-state index contributed by atoms with van der Waals surface area (Å²) in [7, 11) is 0. The van der Waals surface area contributed by atoms with Crippen LogP contribution in [0.2, 0.25) is 5.02 Å². The van der Waals surface area contributed by atoms with Crippen molar-refractivity contribution in [3.63, 3.8) is 0 Å². The summed E-state index contributed by atoms with van der Waals surface area (Å²) in [6.07, 6.45) is 5.32. The number of carbonyl (C=O) groups excluding carboxylic acids is 2. The standard InChI is InChI=1S/C16H14ClNO3S/c1-8(19)13-12(17)6-5-10(16(13)22-2)14(20)11-7-18-21-15(11)9-3-4-9/h5-7,9H,3-4H2,1-2H3. The molecule has 0 bridgehead atoms. The van der Waals surface area contributed by atoms with E-state index in [1.54, 1.807) is 12.1 Å². The zero-order valence-corrected chi connectivity index (χ0v) is 13.8. The zero-order valence-electron chi connectivity index (χ0n) is 12.2. The molecule has 0 atom stereocenters. The van der Waals surface area contributed by atoms with Gasteiger partial charge in [0, 0.05) is 16.4 Å². The first-order valence-corrected chi connectivity index (χ1v) is 8.51. The van der Waals surface area contributed by atoms with E-state index in [0.29, 0.717) is 38.3 Å². The molecule has 1 saturated carbocycles. The van der Waals surface area contributed by atoms with Crippen molar-refractivity contribution in [3.8, 4) is 0 Å². The van der Waals surface area contributed by atoms with Gasteiger partial charge >= 0.3 is 0 Å². The maximum absolute atomic E-state index is 12.9. The monoisotopic (exact) mass is 335 g/mol. The van der Waals surface area contributed by atoms with E-state index in [1.807, 2.05) is 6.26 Å². The molecule has 0 amide bonds. The number of carbonyl (C=O) groups is 2. The van der Waals surface area contributed by atoms with E-state index in [1.165, 1.54) is 24.9 Å². The summed E-state index contributed by atoms with van der Waals surface area (Å²) >= 11 is 7.46. The molecule has 1 aliphatic rings. The van der Waals surface area contributed by atoms with Gasteiger partial charge in [0.1, 0.15) is 0 Å². The van der Waals surface area contributed by atoms with E-state index in [9.17, 15) is 9.59 Å². The van der Waals surface area contributed by atoms with Crippen LogP contribution in [0.25, 0.3) is 0 Å². The molecule has 1 aromatic heterocycles. The average Bonchev–Trinajstić information content (AvgIpc) is 3.22. The van der Waals surface area contributed by atoms with Crippen molar-refractivity contribution in [2.24, 2.45) is 0 Å². The van der Waals surface area contributed by atoms with Gasteiger partial charge in [-0.1, -0.05) is 16.8 Å². The Hall–Kier alpha value is -1.59. The Kier molecular flexibility index (Phi) is 4.10. The Labute approximate surface area is 137 Å². The van der Waals surface area contributed by atoms with Crippen molar-refractivity contribution in [3.05, 3.63) is 45.8 Å². The molecule has 4 nitrogen and oxygen atoms in total. The molecular weight excluding hydrogens is 322 g/mol. The van der Waals surface area contributed by atoms with E-state index >= 15 is 0 Å². The van der Waals surface area contributed by atoms with Gasteiger partial charge in [-0.2, -0.15) is 0 Å². The van der Waals surface area contributed by atoms with Crippen LogP contribution in [0, 0.1) is 0 Å². The number of ketones is 2. The van der Waals surface area contributed by atoms with E-state index < -0.39 is 0 Å². The van der Waals surface area contributed by atoms with Gasteiger partial charge in [0.2, 0.25) is 0 Å². The van der Waals surface area contributed by atoms with Crippen molar-refractivity contribution in [2.45, 2.75) is 30.6 Å². The van der Waals surface area contributed by atoms with Crippen molar-refractivity contribution < 1.29 is 14.1 Å². The van der Waals surface area contributed by atoms with Crippen LogP contribution in [0.5, 0.6) is 0 Å². The summed E-state index contributed by atoms with van der Waals surface area (Å²) in [5.74, 6) is 0.610. The minimum Gasteiger partial charge on any atom is -0.360 e. The molecule has 1 aliphatic carbocycles. The molecule has 114 valence electrons. The first kappa shape index (κ1) is 15.3. The van der Waals surface area contributed by atoms with Crippen molar-refractivity contribution in [1.29, 1.82) is 0 Å². The third-order valence-electron chi connectivity index (χ3n) is 3.70. The molecule has 1 heterocycles. The topological polar surface area (TPSA) is 60.2 Å². The molecule has 3 rings (SSSR count). The molecule has 0 spiro atoms. The number of aromatic nitrogens is 1. The smallest absolute Gasteiger partial charge is 0.199 e. The quantitative estimate of drug-likeness (QED) is 0.600. The highest BCUT2D eigenvalue weighted by Crippen LogP contribution is 2.42. The van der Waals surface area contributed by atoms with Crippen LogP contribution in [0.4, 0.5) is 0 Å². The number of nitrogens with zero attached hydrogens (tertiary/aromatic N) is 1. The van der Waals surface area contributed by atoms with Crippen molar-refractivity contribution >= 4 is 34.9 Å². The summed E-state index contributed by atoms with van der Waals surface area (Å²) in [6, 6.07) is 3.25. The number of Topliss-reactive ketones (excluding diaryl/α,β-unsaturated/α-hetero) is 1. The molecule has 0 unspecified atom stereocenters. The average molecular weight is 336 g/mol. The number of halogens is 1. The Balaban J connectivity index is 2.11. The Morgan fingerprint density at radius 1 is 1.32 bits per heavy atom. The summed E-state index contributed by atoms with van der Waals surface area (Å²) in [4.78, 5) is 25.3. The summed E-state index contributed by atoms with van der Waals surface area (Å²) < 4.78 is 5.24. The molecule has 1 aromatic carbocycles. The third kappa shape index (κ3) is 2.59. The van der Waals surface area contributed by atoms with Gasteiger partial charge in [-0.3, -0.25) is 9.59 Å². The van der Waals surface area contributed by atoms with Crippen molar-refractivity contribution in [1.82, 2.24) is 5.16 Å². The Morgan fingerprint density at radius 3 is 2.64 bits per heavy atom. The lowest BCUT2D eigenvalue weighted by atomic mass is 9.99. The third-order valence-corrected chi connectivity index (χ3v) is 4.85. The molecule has 2 aromatic rings. The first-order chi connectivity index (χ1) is 10.5. The van der Waals surface area contributed by atoms with Crippen molar-refractivity contribution in [2.75, 3.05) is 6.26 Å². The van der Waals surface area contributed by atoms with Crippen LogP contribution in [0.15, 0.2) is 27.7 Å². The maximum Gasteiger partial charge on any atom is 0.199 e. The number of benzene rings is 1. The molecule has 22 heavy (non-hydrogen) atoms. The highest BCUT2D eigenvalue weighted by atomic mass is 35.5. The van der Waals surface area contributed by atoms with E-state index in [-0.39, 0.29) is 11.6 Å². The lowest BCUT2D eigenvalue weighted by Crippen LogP contribution is -2.08. The number of rotatable bonds is 5. The minimum absolute atomic E-state index is 0.156. The number of thioether (sulfide) groups is 1. The fraction of sp³-hybridized carbons (Fsp3) is 0.312. The van der Waals surface area contributed by atoms with E-state index in [4.69, 9.17) is 16.1 Å². The van der Waals surface area contributed by atoms with Crippen LogP contribution in [0.3, 0.4) is 0 Å². The van der Waals surface area contributed by atoms with Crippen LogP contribution >= 0.6 is 23.4 Å². The van der Waals surface area contributed by atoms with Gasteiger partial charge in [0.05, 0.1) is 22.3 Å². The van der Waals surface area contributed by atoms with E-state index in [2.05, 4.69) is 5.16 Å². The normalized spacial score (nSPS) is 14.1. The van der Waals surface area contributed by atoms with Gasteiger partial charge in [-0.25, -0.2) is 0 Å². The second-order valence-corrected chi connectivity index (χ2v) is 6.49. The number of hydrogen-bond donors (Lipinski definition) is 0. The number of hydrogen-bond acceptors (Lipinski definition) is 5. The Bertz CT molecular complexity index is 765. The van der Waals surface area contributed by atoms with Gasteiger partial charge in [0.25, 0.3) is 0 Å². The second-order valence-electron chi connectivity index (χ2n) is 5.27. The van der Waals surface area contributed by atoms with Crippen LogP contribution in [-0.4, -0.2) is 23.0 Å². The van der Waals surface area contributed by atoms with Crippen LogP contribution in [-0.2, 0) is 0 Å². The highest BCUT2D eigenvalue weighted by Gasteiger charge is 2.33. The molecule has 0 radical (unpaired) electrons. The predicted molar refractivity (Wildman–Crippen MR) is 85.1 cm³/mol. The van der Waals surface area contributed by atoms with Gasteiger partial charge in [0.15, 0.2) is 17.3 Å². The fourth-order valence-corrected chi connectivity index (χ4v) is 3.67. The minimum atomic E-state index is -0.174. The molecule has 0 aliphatic heterocycles. The summed E-state index contributed by atoms with van der Waals surface area (Å²) in [5.41, 5.74) is 1.34. The summed E-state index contributed by atoms with van der Waals surface area (Å²) in [6.45, 7) is 1.45. The van der Waals surface area contributed by atoms with Crippen LogP contribution in [0.1, 0.15) is 57.7 Å². The fourth-order valence-electron chi connectivity index (χ4n) is 2.48. The predicted octanol–water partition coefficient (Wildman–Crippen LogP) is 4.36. The lowest BCUT2D eigenvalue weighted by Gasteiger charge is -2.11. The highest BCUT2D eigenvalue weighted by molar-refractivity contribution is 7.98. The molecule has 1 fully saturated rings. The van der Waals surface area contributed by atoms with Gasteiger partial charge in [-0.15, -0.1) is 11.8 Å². The molecular formula is C16H14ClNO3S. The lowest BCUT2D eigenvalue weighted by molar-refractivity contribution is 0.101. The second kappa shape index (κ2) is 5.89. The van der Waals surface area contributed by atoms with Gasteiger partial charge < -0.3 is 4.52 Å². The SMILES string of the molecule is CSc1c(C(=O)c2cnoc2C2CC2)ccc(Cl)c1C(C)=O. The maximum atomic E-state index is 12.9. The molecule has 6 heteroatoms. The molecule has 0 saturated heterocycles. The summed E-state index contributed by atoms with van der Waals surface area (Å²) in [5, 5.41) is 4.13.